The van der Waals surface area contributed by atoms with Gasteiger partial charge >= 0.3 is 0 Å². The Bertz CT molecular complexity index is 850. The van der Waals surface area contributed by atoms with Gasteiger partial charge in [-0.3, -0.25) is 9.59 Å². The first-order valence-corrected chi connectivity index (χ1v) is 7.83. The van der Waals surface area contributed by atoms with Crippen molar-refractivity contribution in [1.29, 1.82) is 0 Å². The van der Waals surface area contributed by atoms with Crippen LogP contribution in [0, 0.1) is 0 Å². The summed E-state index contributed by atoms with van der Waals surface area (Å²) in [6, 6.07) is 5.59. The van der Waals surface area contributed by atoms with Crippen LogP contribution in [0.1, 0.15) is 13.3 Å². The van der Waals surface area contributed by atoms with Crippen molar-refractivity contribution >= 4 is 22.8 Å². The number of hydrogen-bond acceptors (Lipinski definition) is 5. The third-order valence-corrected chi connectivity index (χ3v) is 4.02. The van der Waals surface area contributed by atoms with E-state index in [-0.39, 0.29) is 18.0 Å². The van der Waals surface area contributed by atoms with Crippen LogP contribution in [0.5, 0.6) is 0 Å². The Morgan fingerprint density at radius 1 is 1.45 bits per heavy atom. The molecule has 22 heavy (non-hydrogen) atoms. The second kappa shape index (κ2) is 6.10. The van der Waals surface area contributed by atoms with Crippen molar-refractivity contribution in [3.63, 3.8) is 0 Å². The molecular formula is C14H15N5O2S. The van der Waals surface area contributed by atoms with Crippen molar-refractivity contribution in [3.8, 4) is 10.6 Å². The molecule has 0 aliphatic rings. The van der Waals surface area contributed by atoms with Crippen LogP contribution in [0.25, 0.3) is 16.1 Å². The zero-order valence-electron chi connectivity index (χ0n) is 12.0. The summed E-state index contributed by atoms with van der Waals surface area (Å²) >= 11 is 1.55. The molecule has 3 heterocycles. The molecule has 3 aromatic rings. The van der Waals surface area contributed by atoms with Crippen LogP contribution in [0.4, 0.5) is 0 Å². The van der Waals surface area contributed by atoms with Crippen LogP contribution in [-0.4, -0.2) is 31.8 Å². The van der Waals surface area contributed by atoms with Crippen LogP contribution in [-0.2, 0) is 11.3 Å². The number of rotatable bonds is 5. The zero-order chi connectivity index (χ0) is 15.5. The van der Waals surface area contributed by atoms with Crippen LogP contribution in [0.15, 0.2) is 34.7 Å². The first-order chi connectivity index (χ1) is 10.7. The molecule has 0 saturated carbocycles. The Balaban J connectivity index is 1.92. The highest BCUT2D eigenvalue weighted by Gasteiger charge is 2.12. The number of hydrogen-bond donors (Lipinski definition) is 1. The van der Waals surface area contributed by atoms with Gasteiger partial charge in [0.2, 0.25) is 5.91 Å². The number of fused-ring (bicyclic) bond motifs is 1. The molecule has 3 rings (SSSR count). The standard InChI is InChI=1S/C14H15N5O2S/c1-2-5-15-13(20)8-18-14(21)11-7-10(12-4-3-6-22-12)17-19(11)9-16-18/h3-4,6-7,9H,2,5,8H2,1H3,(H,15,20). The summed E-state index contributed by atoms with van der Waals surface area (Å²) < 4.78 is 2.60. The summed E-state index contributed by atoms with van der Waals surface area (Å²) in [4.78, 5) is 25.1. The predicted molar refractivity (Wildman–Crippen MR) is 83.9 cm³/mol. The van der Waals surface area contributed by atoms with Crippen molar-refractivity contribution in [2.45, 2.75) is 19.9 Å². The van der Waals surface area contributed by atoms with Gasteiger partial charge in [-0.05, 0) is 23.9 Å². The molecule has 0 spiro atoms. The Hall–Kier alpha value is -2.48. The third kappa shape index (κ3) is 2.77. The van der Waals surface area contributed by atoms with E-state index < -0.39 is 0 Å². The summed E-state index contributed by atoms with van der Waals surface area (Å²) in [6.07, 6.45) is 2.29. The average molecular weight is 317 g/mol. The van der Waals surface area contributed by atoms with Gasteiger partial charge in [0.15, 0.2) is 0 Å². The maximum atomic E-state index is 12.4. The molecule has 0 aromatic carbocycles. The smallest absolute Gasteiger partial charge is 0.293 e. The van der Waals surface area contributed by atoms with Crippen LogP contribution in [0.3, 0.4) is 0 Å². The molecule has 0 bridgehead atoms. The Labute approximate surface area is 130 Å². The first-order valence-electron chi connectivity index (χ1n) is 6.95. The van der Waals surface area contributed by atoms with Gasteiger partial charge in [0.25, 0.3) is 5.56 Å². The van der Waals surface area contributed by atoms with Gasteiger partial charge in [-0.1, -0.05) is 13.0 Å². The van der Waals surface area contributed by atoms with E-state index >= 15 is 0 Å². The van der Waals surface area contributed by atoms with Gasteiger partial charge in [-0.25, -0.2) is 9.20 Å². The minimum absolute atomic E-state index is 0.0884. The molecule has 1 amide bonds. The van der Waals surface area contributed by atoms with E-state index in [0.29, 0.717) is 12.1 Å². The molecule has 0 aliphatic heterocycles. The van der Waals surface area contributed by atoms with E-state index in [1.165, 1.54) is 10.8 Å². The normalized spacial score (nSPS) is 11.0. The maximum absolute atomic E-state index is 12.4. The van der Waals surface area contributed by atoms with E-state index in [4.69, 9.17) is 0 Å². The predicted octanol–water partition coefficient (Wildman–Crippen LogP) is 1.15. The first kappa shape index (κ1) is 14.5. The Kier molecular flexibility index (Phi) is 4.01. The number of carbonyl (C=O) groups excluding carboxylic acids is 1. The van der Waals surface area contributed by atoms with Gasteiger partial charge in [0.05, 0.1) is 4.88 Å². The molecule has 0 unspecified atom stereocenters. The summed E-state index contributed by atoms with van der Waals surface area (Å²) in [7, 11) is 0. The monoisotopic (exact) mass is 317 g/mol. The lowest BCUT2D eigenvalue weighted by molar-refractivity contribution is -0.121. The molecule has 3 aromatic heterocycles. The fourth-order valence-corrected chi connectivity index (χ4v) is 2.73. The minimum Gasteiger partial charge on any atom is -0.355 e. The lowest BCUT2D eigenvalue weighted by Gasteiger charge is -2.05. The van der Waals surface area contributed by atoms with Gasteiger partial charge in [-0.2, -0.15) is 10.2 Å². The summed E-state index contributed by atoms with van der Waals surface area (Å²) in [6.45, 7) is 2.47. The quantitative estimate of drug-likeness (QED) is 0.765. The second-order valence-corrected chi connectivity index (χ2v) is 5.73. The molecule has 8 heteroatoms. The highest BCUT2D eigenvalue weighted by molar-refractivity contribution is 7.13. The molecule has 0 radical (unpaired) electrons. The molecule has 0 atom stereocenters. The summed E-state index contributed by atoms with van der Waals surface area (Å²) in [5.41, 5.74) is 0.799. The minimum atomic E-state index is -0.329. The number of aromatic nitrogens is 4. The van der Waals surface area contributed by atoms with E-state index in [2.05, 4.69) is 15.5 Å². The molecule has 114 valence electrons. The van der Waals surface area contributed by atoms with Crippen molar-refractivity contribution < 1.29 is 4.79 Å². The lowest BCUT2D eigenvalue weighted by atomic mass is 10.3. The van der Waals surface area contributed by atoms with Crippen molar-refractivity contribution in [2.24, 2.45) is 0 Å². The SMILES string of the molecule is CCCNC(=O)Cn1ncn2nc(-c3cccs3)cc2c1=O. The highest BCUT2D eigenvalue weighted by Crippen LogP contribution is 2.23. The lowest BCUT2D eigenvalue weighted by Crippen LogP contribution is -2.34. The van der Waals surface area contributed by atoms with Crippen molar-refractivity contribution in [2.75, 3.05) is 6.54 Å². The van der Waals surface area contributed by atoms with Crippen molar-refractivity contribution in [1.82, 2.24) is 24.7 Å². The fourth-order valence-electron chi connectivity index (χ4n) is 2.05. The van der Waals surface area contributed by atoms with Crippen LogP contribution < -0.4 is 10.9 Å². The summed E-state index contributed by atoms with van der Waals surface area (Å²) in [5, 5.41) is 13.0. The second-order valence-electron chi connectivity index (χ2n) is 4.78. The number of nitrogens with zero attached hydrogens (tertiary/aromatic N) is 4. The number of thiophene rings is 1. The van der Waals surface area contributed by atoms with E-state index in [9.17, 15) is 9.59 Å². The van der Waals surface area contributed by atoms with E-state index in [0.717, 1.165) is 21.7 Å². The maximum Gasteiger partial charge on any atom is 0.293 e. The number of nitrogens with one attached hydrogen (secondary N) is 1. The van der Waals surface area contributed by atoms with Crippen LogP contribution >= 0.6 is 11.3 Å². The van der Waals surface area contributed by atoms with Gasteiger partial charge in [-0.15, -0.1) is 11.3 Å². The highest BCUT2D eigenvalue weighted by atomic mass is 32.1. The Morgan fingerprint density at radius 2 is 2.32 bits per heavy atom. The van der Waals surface area contributed by atoms with Gasteiger partial charge in [0.1, 0.15) is 24.1 Å². The number of carbonyl (C=O) groups is 1. The summed E-state index contributed by atoms with van der Waals surface area (Å²) in [5.74, 6) is -0.223. The fraction of sp³-hybridized carbons (Fsp3) is 0.286. The van der Waals surface area contributed by atoms with Crippen LogP contribution in [0.2, 0.25) is 0 Å². The zero-order valence-corrected chi connectivity index (χ0v) is 12.8. The van der Waals surface area contributed by atoms with E-state index in [1.807, 2.05) is 24.4 Å². The largest absolute Gasteiger partial charge is 0.355 e. The molecule has 1 N–H and O–H groups in total. The number of amides is 1. The molecule has 0 fully saturated rings. The Morgan fingerprint density at radius 3 is 3.05 bits per heavy atom. The molecule has 7 nitrogen and oxygen atoms in total. The molecule has 0 saturated heterocycles. The van der Waals surface area contributed by atoms with Gasteiger partial charge < -0.3 is 5.32 Å². The third-order valence-electron chi connectivity index (χ3n) is 3.13. The van der Waals surface area contributed by atoms with Gasteiger partial charge in [0, 0.05) is 6.54 Å². The van der Waals surface area contributed by atoms with E-state index in [1.54, 1.807) is 17.4 Å². The van der Waals surface area contributed by atoms with Crippen molar-refractivity contribution in [3.05, 3.63) is 40.3 Å². The molecular weight excluding hydrogens is 302 g/mol. The topological polar surface area (TPSA) is 81.3 Å². The molecule has 0 aliphatic carbocycles. The average Bonchev–Trinajstić information content (AvgIpc) is 3.16.